The number of carbonyl (C=O) groups is 1. The Bertz CT molecular complexity index is 1160. The Balaban J connectivity index is 1.65. The predicted octanol–water partition coefficient (Wildman–Crippen LogP) is 4.97. The third-order valence-electron chi connectivity index (χ3n) is 4.38. The van der Waals surface area contributed by atoms with Crippen LogP contribution < -0.4 is 4.74 Å². The minimum absolute atomic E-state index is 0.0185. The average molecular weight is 437 g/mol. The second-order valence-corrected chi connectivity index (χ2v) is 7.68. The summed E-state index contributed by atoms with van der Waals surface area (Å²) in [5.41, 5.74) is 2.32. The van der Waals surface area contributed by atoms with Crippen molar-refractivity contribution in [3.63, 3.8) is 0 Å². The first-order chi connectivity index (χ1) is 14.7. The lowest BCUT2D eigenvalue weighted by Crippen LogP contribution is -2.05. The molecule has 0 amide bonds. The highest BCUT2D eigenvalue weighted by molar-refractivity contribution is 7.99. The largest absolute Gasteiger partial charge is 0.497 e. The number of hydrogen-bond acceptors (Lipinski definition) is 6. The summed E-state index contributed by atoms with van der Waals surface area (Å²) in [7, 11) is 1.58. The number of ketones is 1. The second kappa shape index (κ2) is 9.11. The first-order valence-electron chi connectivity index (χ1n) is 9.07. The fourth-order valence-electron chi connectivity index (χ4n) is 2.88. The van der Waals surface area contributed by atoms with Crippen molar-refractivity contribution in [3.05, 3.63) is 83.6 Å². The number of benzene rings is 2. The van der Waals surface area contributed by atoms with Crippen LogP contribution in [0.25, 0.3) is 17.1 Å². The number of Topliss-reactive ketones (excluding diaryl/α,β-unsaturated/α-hetero) is 1. The molecule has 0 saturated carbocycles. The molecule has 0 spiro atoms. The number of hydrogen-bond donors (Lipinski definition) is 0. The van der Waals surface area contributed by atoms with Crippen molar-refractivity contribution in [2.75, 3.05) is 12.9 Å². The van der Waals surface area contributed by atoms with Crippen LogP contribution in [0.1, 0.15) is 10.4 Å². The zero-order valence-corrected chi connectivity index (χ0v) is 17.6. The van der Waals surface area contributed by atoms with Crippen molar-refractivity contribution in [2.45, 2.75) is 5.16 Å². The molecule has 6 nitrogen and oxygen atoms in total. The molecule has 4 aromatic rings. The molecule has 30 heavy (non-hydrogen) atoms. The van der Waals surface area contributed by atoms with Crippen LogP contribution in [-0.2, 0) is 0 Å². The molecule has 0 aliphatic rings. The molecule has 0 aliphatic heterocycles. The molecule has 0 N–H and O–H groups in total. The van der Waals surface area contributed by atoms with Crippen LogP contribution in [0.15, 0.2) is 78.2 Å². The van der Waals surface area contributed by atoms with Gasteiger partial charge in [0.2, 0.25) is 0 Å². The van der Waals surface area contributed by atoms with Crippen molar-refractivity contribution in [2.24, 2.45) is 0 Å². The van der Waals surface area contributed by atoms with Gasteiger partial charge in [-0.3, -0.25) is 14.3 Å². The van der Waals surface area contributed by atoms with Crippen LogP contribution in [0.4, 0.5) is 0 Å². The van der Waals surface area contributed by atoms with E-state index in [0.717, 1.165) is 11.3 Å². The predicted molar refractivity (Wildman–Crippen MR) is 118 cm³/mol. The summed E-state index contributed by atoms with van der Waals surface area (Å²) >= 11 is 7.38. The van der Waals surface area contributed by atoms with E-state index < -0.39 is 0 Å². The van der Waals surface area contributed by atoms with Gasteiger partial charge in [0, 0.05) is 34.2 Å². The van der Waals surface area contributed by atoms with E-state index in [1.807, 2.05) is 47.0 Å². The van der Waals surface area contributed by atoms with E-state index in [9.17, 15) is 4.79 Å². The topological polar surface area (TPSA) is 69.9 Å². The first kappa shape index (κ1) is 20.1. The number of pyridine rings is 1. The van der Waals surface area contributed by atoms with Gasteiger partial charge in [0.15, 0.2) is 16.8 Å². The normalized spacial score (nSPS) is 10.7. The number of thioether (sulfide) groups is 1. The Hall–Kier alpha value is -3.16. The highest BCUT2D eigenvalue weighted by Crippen LogP contribution is 2.29. The Morgan fingerprint density at radius 2 is 1.83 bits per heavy atom. The van der Waals surface area contributed by atoms with E-state index in [4.69, 9.17) is 16.3 Å². The summed E-state index contributed by atoms with van der Waals surface area (Å²) < 4.78 is 7.12. The van der Waals surface area contributed by atoms with Gasteiger partial charge in [-0.2, -0.15) is 0 Å². The van der Waals surface area contributed by atoms with Gasteiger partial charge in [0.1, 0.15) is 5.75 Å². The van der Waals surface area contributed by atoms with Crippen LogP contribution in [0.5, 0.6) is 5.75 Å². The molecule has 2 heterocycles. The molecule has 0 radical (unpaired) electrons. The van der Waals surface area contributed by atoms with Crippen molar-refractivity contribution in [1.29, 1.82) is 0 Å². The molecule has 2 aromatic heterocycles. The van der Waals surface area contributed by atoms with Gasteiger partial charge in [0.25, 0.3) is 0 Å². The van der Waals surface area contributed by atoms with Gasteiger partial charge < -0.3 is 4.74 Å². The second-order valence-electron chi connectivity index (χ2n) is 6.30. The van der Waals surface area contributed by atoms with Gasteiger partial charge in [-0.1, -0.05) is 35.5 Å². The lowest BCUT2D eigenvalue weighted by atomic mass is 10.1. The Labute approximate surface area is 182 Å². The SMILES string of the molecule is COc1cccc(C(=O)CSc2nnc(-c3ccncc3)n2-c2ccc(Cl)cc2)c1. The lowest BCUT2D eigenvalue weighted by molar-refractivity contribution is 0.102. The van der Waals surface area contributed by atoms with Gasteiger partial charge in [-0.25, -0.2) is 0 Å². The number of aromatic nitrogens is 4. The minimum Gasteiger partial charge on any atom is -0.497 e. The van der Waals surface area contributed by atoms with E-state index in [0.29, 0.717) is 27.3 Å². The monoisotopic (exact) mass is 436 g/mol. The van der Waals surface area contributed by atoms with Crippen molar-refractivity contribution >= 4 is 29.1 Å². The number of methoxy groups -OCH3 is 1. The minimum atomic E-state index is -0.0185. The zero-order valence-electron chi connectivity index (χ0n) is 16.0. The van der Waals surface area contributed by atoms with Gasteiger partial charge >= 0.3 is 0 Å². The van der Waals surface area contributed by atoms with Gasteiger partial charge in [-0.05, 0) is 48.5 Å². The third-order valence-corrected chi connectivity index (χ3v) is 5.56. The van der Waals surface area contributed by atoms with Crippen molar-refractivity contribution in [3.8, 4) is 22.8 Å². The quantitative estimate of drug-likeness (QED) is 0.301. The summed E-state index contributed by atoms with van der Waals surface area (Å²) in [5.74, 6) is 1.51. The third kappa shape index (κ3) is 4.37. The number of rotatable bonds is 7. The maximum Gasteiger partial charge on any atom is 0.196 e. The first-order valence-corrected chi connectivity index (χ1v) is 10.4. The smallest absolute Gasteiger partial charge is 0.196 e. The Morgan fingerprint density at radius 3 is 2.57 bits per heavy atom. The molecule has 8 heteroatoms. The number of carbonyl (C=O) groups excluding carboxylic acids is 1. The van der Waals surface area contributed by atoms with Crippen LogP contribution in [-0.4, -0.2) is 38.4 Å². The van der Waals surface area contributed by atoms with Crippen molar-refractivity contribution in [1.82, 2.24) is 19.7 Å². The molecule has 0 fully saturated rings. The molecule has 0 unspecified atom stereocenters. The summed E-state index contributed by atoms with van der Waals surface area (Å²) in [4.78, 5) is 16.8. The molecular formula is C22H17ClN4O2S. The molecular weight excluding hydrogens is 420 g/mol. The molecule has 4 rings (SSSR count). The fourth-order valence-corrected chi connectivity index (χ4v) is 3.86. The fraction of sp³-hybridized carbons (Fsp3) is 0.0909. The van der Waals surface area contributed by atoms with Crippen LogP contribution in [0, 0.1) is 0 Å². The highest BCUT2D eigenvalue weighted by Gasteiger charge is 2.18. The van der Waals surface area contributed by atoms with Crippen molar-refractivity contribution < 1.29 is 9.53 Å². The highest BCUT2D eigenvalue weighted by atomic mass is 35.5. The Morgan fingerprint density at radius 1 is 1.07 bits per heavy atom. The maximum atomic E-state index is 12.7. The standard InChI is InChI=1S/C22H17ClN4O2S/c1-29-19-4-2-3-16(13-19)20(28)14-30-22-26-25-21(15-9-11-24-12-10-15)27(22)18-7-5-17(23)6-8-18/h2-13H,14H2,1H3. The summed E-state index contributed by atoms with van der Waals surface area (Å²) in [5, 5.41) is 9.95. The van der Waals surface area contributed by atoms with Gasteiger partial charge in [0.05, 0.1) is 12.9 Å². The number of halogens is 1. The maximum absolute atomic E-state index is 12.7. The van der Waals surface area contributed by atoms with Crippen LogP contribution >= 0.6 is 23.4 Å². The average Bonchev–Trinajstić information content (AvgIpc) is 3.22. The summed E-state index contributed by atoms with van der Waals surface area (Å²) in [6.07, 6.45) is 3.41. The molecule has 150 valence electrons. The molecule has 2 aromatic carbocycles. The molecule has 0 atom stereocenters. The number of ether oxygens (including phenoxy) is 1. The lowest BCUT2D eigenvalue weighted by Gasteiger charge is -2.10. The number of nitrogens with zero attached hydrogens (tertiary/aromatic N) is 4. The molecule has 0 saturated heterocycles. The summed E-state index contributed by atoms with van der Waals surface area (Å²) in [6.45, 7) is 0. The molecule has 0 bridgehead atoms. The van der Waals surface area contributed by atoms with Gasteiger partial charge in [-0.15, -0.1) is 10.2 Å². The van der Waals surface area contributed by atoms with E-state index in [2.05, 4.69) is 15.2 Å². The van der Waals surface area contributed by atoms with E-state index in [1.165, 1.54) is 11.8 Å². The van der Waals surface area contributed by atoms with Crippen LogP contribution in [0.3, 0.4) is 0 Å². The molecule has 0 aliphatic carbocycles. The van der Waals surface area contributed by atoms with Crippen LogP contribution in [0.2, 0.25) is 5.02 Å². The zero-order chi connectivity index (χ0) is 20.9. The van der Waals surface area contributed by atoms with E-state index in [-0.39, 0.29) is 11.5 Å². The van der Waals surface area contributed by atoms with E-state index >= 15 is 0 Å². The Kier molecular flexibility index (Phi) is 6.11. The summed E-state index contributed by atoms with van der Waals surface area (Å²) in [6, 6.07) is 18.3. The van der Waals surface area contributed by atoms with E-state index in [1.54, 1.807) is 37.7 Å².